The standard InChI is InChI=1S/C19H22N6O/c1-14-10-17(25-19(23-14)21-13-22-25)24-9-5-8-16(12-24)18(26)20-11-15-6-3-2-4-7-15/h2-4,6-7,10,13,16H,5,8-9,11-12H2,1H3,(H,20,26)/t16-/m0/s1. The molecule has 0 bridgehead atoms. The van der Waals surface area contributed by atoms with Crippen molar-refractivity contribution in [1.29, 1.82) is 0 Å². The van der Waals surface area contributed by atoms with Crippen molar-refractivity contribution in [2.75, 3.05) is 18.0 Å². The Hall–Kier alpha value is -2.96. The first-order chi connectivity index (χ1) is 12.7. The molecule has 1 saturated heterocycles. The number of hydrogen-bond donors (Lipinski definition) is 1. The van der Waals surface area contributed by atoms with Crippen LogP contribution in [0.25, 0.3) is 5.78 Å². The van der Waals surface area contributed by atoms with Gasteiger partial charge in [0, 0.05) is 31.4 Å². The van der Waals surface area contributed by atoms with E-state index >= 15 is 0 Å². The summed E-state index contributed by atoms with van der Waals surface area (Å²) < 4.78 is 1.75. The highest BCUT2D eigenvalue weighted by Crippen LogP contribution is 2.24. The largest absolute Gasteiger partial charge is 0.356 e. The lowest BCUT2D eigenvalue weighted by Gasteiger charge is -2.33. The van der Waals surface area contributed by atoms with E-state index in [9.17, 15) is 4.79 Å². The molecule has 1 aromatic carbocycles. The van der Waals surface area contributed by atoms with Gasteiger partial charge in [-0.25, -0.2) is 4.98 Å². The highest BCUT2D eigenvalue weighted by atomic mass is 16.1. The van der Waals surface area contributed by atoms with E-state index in [1.165, 1.54) is 6.33 Å². The number of amides is 1. The molecule has 3 aromatic rings. The fourth-order valence-corrected chi connectivity index (χ4v) is 3.47. The average molecular weight is 350 g/mol. The summed E-state index contributed by atoms with van der Waals surface area (Å²) in [5.41, 5.74) is 2.01. The zero-order valence-electron chi connectivity index (χ0n) is 14.8. The normalized spacial score (nSPS) is 17.4. The average Bonchev–Trinajstić information content (AvgIpc) is 3.14. The van der Waals surface area contributed by atoms with Crippen LogP contribution in [0.15, 0.2) is 42.7 Å². The molecule has 7 heteroatoms. The molecule has 134 valence electrons. The van der Waals surface area contributed by atoms with E-state index in [0.29, 0.717) is 18.9 Å². The van der Waals surface area contributed by atoms with E-state index in [2.05, 4.69) is 25.3 Å². The van der Waals surface area contributed by atoms with Gasteiger partial charge in [-0.1, -0.05) is 30.3 Å². The molecule has 1 amide bonds. The van der Waals surface area contributed by atoms with Crippen LogP contribution in [0.2, 0.25) is 0 Å². The van der Waals surface area contributed by atoms with Gasteiger partial charge in [-0.05, 0) is 25.3 Å². The topological polar surface area (TPSA) is 75.4 Å². The van der Waals surface area contributed by atoms with Crippen LogP contribution in [-0.4, -0.2) is 38.6 Å². The molecule has 1 fully saturated rings. The number of nitrogens with one attached hydrogen (secondary N) is 1. The molecule has 0 saturated carbocycles. The second-order valence-corrected chi connectivity index (χ2v) is 6.72. The van der Waals surface area contributed by atoms with E-state index < -0.39 is 0 Å². The number of carbonyl (C=O) groups is 1. The highest BCUT2D eigenvalue weighted by Gasteiger charge is 2.27. The zero-order chi connectivity index (χ0) is 17.9. The smallest absolute Gasteiger partial charge is 0.254 e. The van der Waals surface area contributed by atoms with Crippen molar-refractivity contribution >= 4 is 17.5 Å². The Labute approximate surface area is 152 Å². The minimum absolute atomic E-state index is 0.0282. The Bertz CT molecular complexity index is 907. The fourth-order valence-electron chi connectivity index (χ4n) is 3.47. The number of benzene rings is 1. The number of carbonyl (C=O) groups excluding carboxylic acids is 1. The van der Waals surface area contributed by atoms with Gasteiger partial charge in [0.15, 0.2) is 0 Å². The maximum Gasteiger partial charge on any atom is 0.254 e. The molecule has 26 heavy (non-hydrogen) atoms. The van der Waals surface area contributed by atoms with Crippen LogP contribution in [0.3, 0.4) is 0 Å². The number of piperidine rings is 1. The van der Waals surface area contributed by atoms with Gasteiger partial charge in [-0.2, -0.15) is 14.6 Å². The second kappa shape index (κ2) is 7.11. The lowest BCUT2D eigenvalue weighted by atomic mass is 9.97. The van der Waals surface area contributed by atoms with Crippen molar-refractivity contribution in [3.8, 4) is 0 Å². The number of fused-ring (bicyclic) bond motifs is 1. The van der Waals surface area contributed by atoms with Gasteiger partial charge in [-0.3, -0.25) is 4.79 Å². The predicted octanol–water partition coefficient (Wildman–Crippen LogP) is 1.97. The summed E-state index contributed by atoms with van der Waals surface area (Å²) >= 11 is 0. The monoisotopic (exact) mass is 350 g/mol. The molecule has 4 rings (SSSR count). The maximum absolute atomic E-state index is 12.6. The summed E-state index contributed by atoms with van der Waals surface area (Å²) in [6.45, 7) is 4.10. The van der Waals surface area contributed by atoms with Gasteiger partial charge in [-0.15, -0.1) is 0 Å². The van der Waals surface area contributed by atoms with Crippen LogP contribution in [-0.2, 0) is 11.3 Å². The van der Waals surface area contributed by atoms with Gasteiger partial charge >= 0.3 is 0 Å². The number of aryl methyl sites for hydroxylation is 1. The number of hydrogen-bond acceptors (Lipinski definition) is 5. The van der Waals surface area contributed by atoms with Gasteiger partial charge in [0.1, 0.15) is 12.1 Å². The first-order valence-electron chi connectivity index (χ1n) is 8.94. The molecule has 0 radical (unpaired) electrons. The van der Waals surface area contributed by atoms with Crippen molar-refractivity contribution in [3.63, 3.8) is 0 Å². The predicted molar refractivity (Wildman–Crippen MR) is 98.7 cm³/mol. The Balaban J connectivity index is 1.47. The zero-order valence-corrected chi connectivity index (χ0v) is 14.8. The van der Waals surface area contributed by atoms with Gasteiger partial charge in [0.2, 0.25) is 5.91 Å². The number of rotatable bonds is 4. The molecule has 1 atom stereocenters. The summed E-state index contributed by atoms with van der Waals surface area (Å²) in [4.78, 5) is 23.4. The van der Waals surface area contributed by atoms with Crippen LogP contribution >= 0.6 is 0 Å². The summed E-state index contributed by atoms with van der Waals surface area (Å²) in [6.07, 6.45) is 3.39. The summed E-state index contributed by atoms with van der Waals surface area (Å²) in [5.74, 6) is 1.62. The quantitative estimate of drug-likeness (QED) is 0.778. The van der Waals surface area contributed by atoms with Crippen LogP contribution in [0.5, 0.6) is 0 Å². The second-order valence-electron chi connectivity index (χ2n) is 6.72. The molecule has 0 aliphatic carbocycles. The lowest BCUT2D eigenvalue weighted by Crippen LogP contribution is -2.43. The van der Waals surface area contributed by atoms with Crippen LogP contribution in [0.1, 0.15) is 24.1 Å². The first kappa shape index (κ1) is 16.5. The number of anilines is 1. The third-order valence-electron chi connectivity index (χ3n) is 4.79. The Morgan fingerprint density at radius 1 is 1.31 bits per heavy atom. The third-order valence-corrected chi connectivity index (χ3v) is 4.79. The summed E-state index contributed by atoms with van der Waals surface area (Å²) in [6, 6.07) is 12.0. The molecule has 2 aromatic heterocycles. The van der Waals surface area contributed by atoms with Gasteiger partial charge < -0.3 is 10.2 Å². The van der Waals surface area contributed by atoms with Crippen molar-refractivity contribution < 1.29 is 4.79 Å². The van der Waals surface area contributed by atoms with Gasteiger partial charge in [0.25, 0.3) is 5.78 Å². The summed E-state index contributed by atoms with van der Waals surface area (Å²) in [5, 5.41) is 7.35. The van der Waals surface area contributed by atoms with E-state index in [-0.39, 0.29) is 11.8 Å². The number of aromatic nitrogens is 4. The molecule has 1 aliphatic heterocycles. The van der Waals surface area contributed by atoms with Crippen LogP contribution in [0, 0.1) is 12.8 Å². The molecule has 0 unspecified atom stereocenters. The maximum atomic E-state index is 12.6. The van der Waals surface area contributed by atoms with E-state index in [1.807, 2.05) is 43.3 Å². The highest BCUT2D eigenvalue weighted by molar-refractivity contribution is 5.79. The molecule has 1 aliphatic rings. The Morgan fingerprint density at radius 2 is 2.15 bits per heavy atom. The Kier molecular flexibility index (Phi) is 4.51. The summed E-state index contributed by atoms with van der Waals surface area (Å²) in [7, 11) is 0. The molecule has 1 N–H and O–H groups in total. The molecule has 7 nitrogen and oxygen atoms in total. The van der Waals surface area contributed by atoms with Crippen molar-refractivity contribution in [1.82, 2.24) is 24.9 Å². The lowest BCUT2D eigenvalue weighted by molar-refractivity contribution is -0.125. The SMILES string of the molecule is Cc1cc(N2CCC[C@H](C(=O)NCc3ccccc3)C2)n2ncnc2n1. The first-order valence-corrected chi connectivity index (χ1v) is 8.94. The van der Waals surface area contributed by atoms with Crippen LogP contribution < -0.4 is 10.2 Å². The minimum atomic E-state index is -0.0282. The van der Waals surface area contributed by atoms with E-state index in [4.69, 9.17) is 0 Å². The molecule has 0 spiro atoms. The van der Waals surface area contributed by atoms with E-state index in [0.717, 1.165) is 36.5 Å². The van der Waals surface area contributed by atoms with E-state index in [1.54, 1.807) is 4.52 Å². The van der Waals surface area contributed by atoms with Crippen molar-refractivity contribution in [3.05, 3.63) is 54.0 Å². The van der Waals surface area contributed by atoms with Crippen LogP contribution in [0.4, 0.5) is 5.82 Å². The third kappa shape index (κ3) is 3.37. The molecular weight excluding hydrogens is 328 g/mol. The molecule has 3 heterocycles. The number of nitrogens with zero attached hydrogens (tertiary/aromatic N) is 5. The fraction of sp³-hybridized carbons (Fsp3) is 0.368. The van der Waals surface area contributed by atoms with Crippen molar-refractivity contribution in [2.24, 2.45) is 5.92 Å². The van der Waals surface area contributed by atoms with Gasteiger partial charge in [0.05, 0.1) is 5.92 Å². The Morgan fingerprint density at radius 3 is 3.00 bits per heavy atom. The molecular formula is C19H22N6O. The minimum Gasteiger partial charge on any atom is -0.356 e. The van der Waals surface area contributed by atoms with Crippen molar-refractivity contribution in [2.45, 2.75) is 26.3 Å².